The summed E-state index contributed by atoms with van der Waals surface area (Å²) in [5.74, 6) is -0.0827. The molecule has 0 atom stereocenters. The minimum Gasteiger partial charge on any atom is -0.325 e. The van der Waals surface area contributed by atoms with E-state index < -0.39 is 0 Å². The van der Waals surface area contributed by atoms with Gasteiger partial charge >= 0.3 is 0 Å². The number of anilines is 1. The minimum atomic E-state index is -0.0827. The van der Waals surface area contributed by atoms with E-state index in [-0.39, 0.29) is 12.3 Å². The first-order valence-electron chi connectivity index (χ1n) is 6.96. The van der Waals surface area contributed by atoms with Gasteiger partial charge in [0, 0.05) is 15.1 Å². The Morgan fingerprint density at radius 2 is 1.91 bits per heavy atom. The molecule has 23 heavy (non-hydrogen) atoms. The molecular weight excluding hydrogens is 422 g/mol. The zero-order valence-electron chi connectivity index (χ0n) is 12.0. The van der Waals surface area contributed by atoms with Crippen LogP contribution < -0.4 is 5.32 Å². The van der Waals surface area contributed by atoms with E-state index in [0.717, 1.165) is 25.9 Å². The van der Waals surface area contributed by atoms with Crippen LogP contribution in [-0.2, 0) is 11.2 Å². The van der Waals surface area contributed by atoms with Crippen LogP contribution in [0, 0.1) is 0 Å². The molecule has 0 saturated carbocycles. The van der Waals surface area contributed by atoms with Crippen molar-refractivity contribution in [1.82, 2.24) is 9.78 Å². The van der Waals surface area contributed by atoms with Crippen LogP contribution in [0.3, 0.4) is 0 Å². The third-order valence-electron chi connectivity index (χ3n) is 3.23. The summed E-state index contributed by atoms with van der Waals surface area (Å²) in [4.78, 5) is 12.2. The summed E-state index contributed by atoms with van der Waals surface area (Å²) < 4.78 is 3.55. The average molecular weight is 435 g/mol. The Bertz CT molecular complexity index is 831. The van der Waals surface area contributed by atoms with Gasteiger partial charge in [0.25, 0.3) is 0 Å². The quantitative estimate of drug-likeness (QED) is 0.653. The van der Waals surface area contributed by atoms with Crippen LogP contribution in [-0.4, -0.2) is 15.7 Å². The van der Waals surface area contributed by atoms with Crippen LogP contribution in [0.5, 0.6) is 0 Å². The van der Waals surface area contributed by atoms with E-state index in [4.69, 9.17) is 0 Å². The van der Waals surface area contributed by atoms with Crippen molar-refractivity contribution in [3.63, 3.8) is 0 Å². The van der Waals surface area contributed by atoms with Gasteiger partial charge in [-0.25, -0.2) is 4.68 Å². The van der Waals surface area contributed by atoms with Gasteiger partial charge in [0.05, 0.1) is 24.0 Å². The van der Waals surface area contributed by atoms with Gasteiger partial charge in [0.2, 0.25) is 5.91 Å². The van der Waals surface area contributed by atoms with E-state index in [2.05, 4.69) is 42.3 Å². The number of nitrogens with one attached hydrogen (secondary N) is 1. The fourth-order valence-electron chi connectivity index (χ4n) is 2.14. The molecule has 0 unspecified atom stereocenters. The van der Waals surface area contributed by atoms with Crippen LogP contribution in [0.25, 0.3) is 5.69 Å². The van der Waals surface area contributed by atoms with Crippen LogP contribution >= 0.6 is 31.9 Å². The normalized spacial score (nSPS) is 10.5. The van der Waals surface area contributed by atoms with Crippen molar-refractivity contribution in [2.24, 2.45) is 0 Å². The number of carbonyl (C=O) groups excluding carboxylic acids is 1. The first-order chi connectivity index (χ1) is 11.1. The molecule has 0 aliphatic heterocycles. The lowest BCUT2D eigenvalue weighted by Crippen LogP contribution is -2.14. The van der Waals surface area contributed by atoms with Crippen LogP contribution in [0.2, 0.25) is 0 Å². The van der Waals surface area contributed by atoms with Crippen molar-refractivity contribution in [2.45, 2.75) is 6.42 Å². The van der Waals surface area contributed by atoms with Gasteiger partial charge in [-0.1, -0.05) is 34.1 Å². The summed E-state index contributed by atoms with van der Waals surface area (Å²) >= 11 is 6.82. The number of rotatable bonds is 4. The second-order valence-electron chi connectivity index (χ2n) is 4.98. The second kappa shape index (κ2) is 7.10. The third kappa shape index (κ3) is 4.09. The van der Waals surface area contributed by atoms with Crippen LogP contribution in [0.1, 0.15) is 5.56 Å². The molecule has 4 nitrogen and oxygen atoms in total. The fraction of sp³-hybridized carbons (Fsp3) is 0.0588. The van der Waals surface area contributed by atoms with Crippen molar-refractivity contribution in [1.29, 1.82) is 0 Å². The molecule has 0 radical (unpaired) electrons. The molecular formula is C17H13Br2N3O. The van der Waals surface area contributed by atoms with Gasteiger partial charge in [-0.05, 0) is 51.8 Å². The van der Waals surface area contributed by atoms with E-state index in [9.17, 15) is 4.79 Å². The molecule has 0 saturated heterocycles. The highest BCUT2D eigenvalue weighted by molar-refractivity contribution is 9.11. The lowest BCUT2D eigenvalue weighted by molar-refractivity contribution is -0.115. The molecule has 1 heterocycles. The number of nitrogens with zero attached hydrogens (tertiary/aromatic N) is 2. The smallest absolute Gasteiger partial charge is 0.228 e. The van der Waals surface area contributed by atoms with Crippen molar-refractivity contribution in [2.75, 3.05) is 5.32 Å². The molecule has 1 N–H and O–H groups in total. The number of aromatic nitrogens is 2. The summed E-state index contributed by atoms with van der Waals surface area (Å²) in [5, 5.41) is 7.19. The standard InChI is InChI=1S/C17H13Br2N3O/c18-13-6-7-16(15(19)9-13)21-17(23)8-12-10-20-22(11-12)14-4-2-1-3-5-14/h1-7,9-11H,8H2,(H,21,23). The first-order valence-corrected chi connectivity index (χ1v) is 8.54. The lowest BCUT2D eigenvalue weighted by atomic mass is 10.2. The zero-order chi connectivity index (χ0) is 16.2. The van der Waals surface area contributed by atoms with Gasteiger partial charge in [0.15, 0.2) is 0 Å². The number of hydrogen-bond donors (Lipinski definition) is 1. The van der Waals surface area contributed by atoms with Crippen molar-refractivity contribution >= 4 is 43.5 Å². The Hall–Kier alpha value is -1.92. The Kier molecular flexibility index (Phi) is 4.93. The van der Waals surface area contributed by atoms with Crippen LogP contribution in [0.15, 0.2) is 69.9 Å². The molecule has 3 aromatic rings. The predicted octanol–water partition coefficient (Wildman–Crippen LogP) is 4.58. The molecule has 0 aliphatic carbocycles. The fourth-order valence-corrected chi connectivity index (χ4v) is 3.29. The Labute approximate surface area is 150 Å². The predicted molar refractivity (Wildman–Crippen MR) is 97.7 cm³/mol. The van der Waals surface area contributed by atoms with Gasteiger partial charge in [0.1, 0.15) is 0 Å². The maximum absolute atomic E-state index is 12.2. The summed E-state index contributed by atoms with van der Waals surface area (Å²) in [6.45, 7) is 0. The number of halogens is 2. The molecule has 116 valence electrons. The maximum Gasteiger partial charge on any atom is 0.228 e. The highest BCUT2D eigenvalue weighted by Gasteiger charge is 2.09. The summed E-state index contributed by atoms with van der Waals surface area (Å²) in [6, 6.07) is 15.4. The SMILES string of the molecule is O=C(Cc1cnn(-c2ccccc2)c1)Nc1ccc(Br)cc1Br. The molecule has 2 aromatic carbocycles. The second-order valence-corrected chi connectivity index (χ2v) is 6.75. The summed E-state index contributed by atoms with van der Waals surface area (Å²) in [5.41, 5.74) is 2.57. The number of benzene rings is 2. The lowest BCUT2D eigenvalue weighted by Gasteiger charge is -2.07. The van der Waals surface area contributed by atoms with E-state index in [0.29, 0.717) is 0 Å². The summed E-state index contributed by atoms with van der Waals surface area (Å²) in [7, 11) is 0. The Morgan fingerprint density at radius 3 is 2.65 bits per heavy atom. The molecule has 0 spiro atoms. The Morgan fingerprint density at radius 1 is 1.13 bits per heavy atom. The largest absolute Gasteiger partial charge is 0.325 e. The third-order valence-corrected chi connectivity index (χ3v) is 4.38. The van der Waals surface area contributed by atoms with Gasteiger partial charge in [-0.3, -0.25) is 4.79 Å². The van der Waals surface area contributed by atoms with E-state index in [1.807, 2.05) is 54.7 Å². The van der Waals surface area contributed by atoms with Gasteiger partial charge in [-0.15, -0.1) is 0 Å². The zero-order valence-corrected chi connectivity index (χ0v) is 15.2. The van der Waals surface area contributed by atoms with E-state index >= 15 is 0 Å². The molecule has 0 fully saturated rings. The van der Waals surface area contributed by atoms with Crippen molar-refractivity contribution in [3.05, 3.63) is 75.4 Å². The molecule has 1 aromatic heterocycles. The number of amides is 1. The molecule has 6 heteroatoms. The van der Waals surface area contributed by atoms with E-state index in [1.165, 1.54) is 0 Å². The summed E-state index contributed by atoms with van der Waals surface area (Å²) in [6.07, 6.45) is 3.85. The number of hydrogen-bond acceptors (Lipinski definition) is 2. The molecule has 1 amide bonds. The monoisotopic (exact) mass is 433 g/mol. The first kappa shape index (κ1) is 16.0. The topological polar surface area (TPSA) is 46.9 Å². The Balaban J connectivity index is 1.68. The highest BCUT2D eigenvalue weighted by atomic mass is 79.9. The van der Waals surface area contributed by atoms with E-state index in [1.54, 1.807) is 10.9 Å². The van der Waals surface area contributed by atoms with Crippen LogP contribution in [0.4, 0.5) is 5.69 Å². The maximum atomic E-state index is 12.2. The average Bonchev–Trinajstić information content (AvgIpc) is 2.99. The molecule has 0 bridgehead atoms. The molecule has 3 rings (SSSR count). The number of para-hydroxylation sites is 1. The van der Waals surface area contributed by atoms with Gasteiger partial charge in [-0.2, -0.15) is 5.10 Å². The molecule has 0 aliphatic rings. The van der Waals surface area contributed by atoms with Crippen molar-refractivity contribution < 1.29 is 4.79 Å². The highest BCUT2D eigenvalue weighted by Crippen LogP contribution is 2.26. The van der Waals surface area contributed by atoms with Gasteiger partial charge < -0.3 is 5.32 Å². The van der Waals surface area contributed by atoms with Crippen molar-refractivity contribution in [3.8, 4) is 5.69 Å². The number of carbonyl (C=O) groups is 1. The minimum absolute atomic E-state index is 0.0827.